The first-order valence-electron chi connectivity index (χ1n) is 3.30. The fourth-order valence-electron chi connectivity index (χ4n) is 0.836. The first-order chi connectivity index (χ1) is 4.68. The lowest BCUT2D eigenvalue weighted by Crippen LogP contribution is -2.09. The second-order valence-corrected chi connectivity index (χ2v) is 2.74. The predicted octanol–water partition coefficient (Wildman–Crippen LogP) is 1.45. The highest BCUT2D eigenvalue weighted by atomic mass is 16.3. The molecule has 1 radical (unpaired) electrons. The SMILES string of the molecule is Cc1[c]oc(CN(C)C)c1. The van der Waals surface area contributed by atoms with Crippen molar-refractivity contribution in [2.45, 2.75) is 13.5 Å². The van der Waals surface area contributed by atoms with Gasteiger partial charge < -0.3 is 9.32 Å². The van der Waals surface area contributed by atoms with Crippen LogP contribution in [0.1, 0.15) is 11.3 Å². The van der Waals surface area contributed by atoms with E-state index in [9.17, 15) is 0 Å². The van der Waals surface area contributed by atoms with Gasteiger partial charge in [0.15, 0.2) is 6.26 Å². The van der Waals surface area contributed by atoms with Gasteiger partial charge in [0.2, 0.25) is 0 Å². The van der Waals surface area contributed by atoms with Crippen LogP contribution in [0.25, 0.3) is 0 Å². The molecule has 0 aliphatic heterocycles. The van der Waals surface area contributed by atoms with Gasteiger partial charge in [0.1, 0.15) is 5.76 Å². The van der Waals surface area contributed by atoms with Gasteiger partial charge in [-0.05, 0) is 32.6 Å². The van der Waals surface area contributed by atoms with E-state index in [1.54, 1.807) is 0 Å². The fraction of sp³-hybridized carbons (Fsp3) is 0.500. The number of nitrogens with zero attached hydrogens (tertiary/aromatic N) is 1. The Morgan fingerprint density at radius 3 is 2.70 bits per heavy atom. The zero-order valence-electron chi connectivity index (χ0n) is 6.64. The van der Waals surface area contributed by atoms with E-state index in [4.69, 9.17) is 4.42 Å². The molecule has 0 saturated heterocycles. The minimum Gasteiger partial charge on any atom is -0.456 e. The second kappa shape index (κ2) is 2.88. The summed E-state index contributed by atoms with van der Waals surface area (Å²) in [6, 6.07) is 2.00. The van der Waals surface area contributed by atoms with E-state index >= 15 is 0 Å². The van der Waals surface area contributed by atoms with E-state index in [2.05, 4.69) is 11.2 Å². The minimum atomic E-state index is 0.852. The molecule has 0 fully saturated rings. The van der Waals surface area contributed by atoms with Gasteiger partial charge in [-0.2, -0.15) is 0 Å². The van der Waals surface area contributed by atoms with Crippen LogP contribution in [0.2, 0.25) is 0 Å². The molecule has 2 nitrogen and oxygen atoms in total. The van der Waals surface area contributed by atoms with Crippen molar-refractivity contribution >= 4 is 0 Å². The van der Waals surface area contributed by atoms with Crippen LogP contribution in [0, 0.1) is 13.2 Å². The molecule has 0 saturated carbocycles. The van der Waals surface area contributed by atoms with Gasteiger partial charge in [0.25, 0.3) is 0 Å². The van der Waals surface area contributed by atoms with Crippen molar-refractivity contribution < 1.29 is 4.42 Å². The van der Waals surface area contributed by atoms with Crippen molar-refractivity contribution in [2.24, 2.45) is 0 Å². The first-order valence-corrected chi connectivity index (χ1v) is 3.30. The average Bonchev–Trinajstić information content (AvgIpc) is 2.13. The summed E-state index contributed by atoms with van der Waals surface area (Å²) in [6.45, 7) is 2.83. The summed E-state index contributed by atoms with van der Waals surface area (Å²) in [6.07, 6.45) is 2.77. The highest BCUT2D eigenvalue weighted by molar-refractivity contribution is 5.08. The number of hydrogen-bond donors (Lipinski definition) is 0. The maximum absolute atomic E-state index is 5.11. The van der Waals surface area contributed by atoms with Crippen LogP contribution >= 0.6 is 0 Å². The Balaban J connectivity index is 2.58. The quantitative estimate of drug-likeness (QED) is 0.615. The van der Waals surface area contributed by atoms with Gasteiger partial charge in [0.05, 0.1) is 6.54 Å². The Morgan fingerprint density at radius 1 is 1.60 bits per heavy atom. The van der Waals surface area contributed by atoms with Crippen molar-refractivity contribution in [2.75, 3.05) is 14.1 Å². The van der Waals surface area contributed by atoms with Gasteiger partial charge in [-0.3, -0.25) is 0 Å². The molecule has 1 heterocycles. The molecule has 0 unspecified atom stereocenters. The van der Waals surface area contributed by atoms with Crippen LogP contribution in [-0.4, -0.2) is 19.0 Å². The second-order valence-electron chi connectivity index (χ2n) is 2.74. The summed E-state index contributed by atoms with van der Waals surface area (Å²) >= 11 is 0. The van der Waals surface area contributed by atoms with Crippen molar-refractivity contribution in [1.29, 1.82) is 0 Å². The van der Waals surface area contributed by atoms with Gasteiger partial charge in [-0.15, -0.1) is 0 Å². The van der Waals surface area contributed by atoms with Gasteiger partial charge in [0, 0.05) is 0 Å². The molecule has 0 aliphatic carbocycles. The minimum absolute atomic E-state index is 0.852. The molecule has 1 aromatic rings. The lowest BCUT2D eigenvalue weighted by molar-refractivity contribution is 0.349. The smallest absolute Gasteiger partial charge is 0.172 e. The number of hydrogen-bond acceptors (Lipinski definition) is 2. The molecule has 55 valence electrons. The van der Waals surface area contributed by atoms with Crippen LogP contribution in [0.5, 0.6) is 0 Å². The summed E-state index contributed by atoms with van der Waals surface area (Å²) < 4.78 is 5.11. The van der Waals surface area contributed by atoms with Crippen LogP contribution in [0.3, 0.4) is 0 Å². The zero-order valence-corrected chi connectivity index (χ0v) is 6.64. The maximum atomic E-state index is 5.11. The standard InChI is InChI=1S/C8H12NO/c1-7-4-8(10-6-7)5-9(2)3/h4H,5H2,1-3H3. The van der Waals surface area contributed by atoms with Crippen molar-refractivity contribution in [3.8, 4) is 0 Å². The molecule has 0 atom stereocenters. The summed E-state index contributed by atoms with van der Waals surface area (Å²) in [4.78, 5) is 2.06. The molecule has 10 heavy (non-hydrogen) atoms. The molecule has 1 rings (SSSR count). The van der Waals surface area contributed by atoms with Crippen LogP contribution in [0.15, 0.2) is 10.5 Å². The maximum Gasteiger partial charge on any atom is 0.172 e. The van der Waals surface area contributed by atoms with Crippen molar-refractivity contribution in [3.05, 3.63) is 23.7 Å². The molecular formula is C8H12NO. The molecule has 2 heteroatoms. The lowest BCUT2D eigenvalue weighted by atomic mass is 10.3. The monoisotopic (exact) mass is 138 g/mol. The van der Waals surface area contributed by atoms with E-state index < -0.39 is 0 Å². The third kappa shape index (κ3) is 1.88. The number of furan rings is 1. The van der Waals surface area contributed by atoms with Crippen LogP contribution in [0.4, 0.5) is 0 Å². The summed E-state index contributed by atoms with van der Waals surface area (Å²) in [5.74, 6) is 0.975. The molecule has 0 N–H and O–H groups in total. The van der Waals surface area contributed by atoms with E-state index in [1.807, 2.05) is 27.1 Å². The zero-order chi connectivity index (χ0) is 7.56. The molecule has 0 aliphatic rings. The molecule has 0 bridgehead atoms. The van der Waals surface area contributed by atoms with E-state index in [0.29, 0.717) is 0 Å². The molecule has 1 aromatic heterocycles. The van der Waals surface area contributed by atoms with Crippen LogP contribution in [-0.2, 0) is 6.54 Å². The van der Waals surface area contributed by atoms with E-state index in [1.165, 1.54) is 0 Å². The Bertz CT molecular complexity index is 203. The highest BCUT2D eigenvalue weighted by Gasteiger charge is 1.98. The van der Waals surface area contributed by atoms with Gasteiger partial charge in [-0.25, -0.2) is 0 Å². The largest absolute Gasteiger partial charge is 0.456 e. The normalized spacial score (nSPS) is 10.8. The Hall–Kier alpha value is -0.760. The predicted molar refractivity (Wildman–Crippen MR) is 39.7 cm³/mol. The summed E-state index contributed by atoms with van der Waals surface area (Å²) in [5, 5.41) is 0. The molecule has 0 amide bonds. The fourth-order valence-corrected chi connectivity index (χ4v) is 0.836. The lowest BCUT2D eigenvalue weighted by Gasteiger charge is -2.04. The van der Waals surface area contributed by atoms with E-state index in [0.717, 1.165) is 17.9 Å². The number of rotatable bonds is 2. The highest BCUT2D eigenvalue weighted by Crippen LogP contribution is 2.06. The summed E-state index contributed by atoms with van der Waals surface area (Å²) in [5.41, 5.74) is 1.07. The third-order valence-electron chi connectivity index (χ3n) is 1.19. The molecular weight excluding hydrogens is 126 g/mol. The Kier molecular flexibility index (Phi) is 2.12. The van der Waals surface area contributed by atoms with Gasteiger partial charge >= 0.3 is 0 Å². The third-order valence-corrected chi connectivity index (χ3v) is 1.19. The summed E-state index contributed by atoms with van der Waals surface area (Å²) in [7, 11) is 4.02. The first kappa shape index (κ1) is 7.35. The average molecular weight is 138 g/mol. The van der Waals surface area contributed by atoms with E-state index in [-0.39, 0.29) is 0 Å². The van der Waals surface area contributed by atoms with Crippen LogP contribution < -0.4 is 0 Å². The Morgan fingerprint density at radius 2 is 2.30 bits per heavy atom. The topological polar surface area (TPSA) is 16.4 Å². The number of aryl methyl sites for hydroxylation is 1. The van der Waals surface area contributed by atoms with Gasteiger partial charge in [-0.1, -0.05) is 0 Å². The molecule has 0 aromatic carbocycles. The van der Waals surface area contributed by atoms with Crippen molar-refractivity contribution in [3.63, 3.8) is 0 Å². The Labute approximate surface area is 61.4 Å². The molecule has 0 spiro atoms. The van der Waals surface area contributed by atoms with Crippen molar-refractivity contribution in [1.82, 2.24) is 4.90 Å².